The molecule has 0 radical (unpaired) electrons. The van der Waals surface area contributed by atoms with Crippen LogP contribution in [0.25, 0.3) is 11.1 Å². The van der Waals surface area contributed by atoms with E-state index in [0.717, 1.165) is 11.5 Å². The van der Waals surface area contributed by atoms with Crippen molar-refractivity contribution in [1.29, 1.82) is 0 Å². The van der Waals surface area contributed by atoms with Crippen LogP contribution in [0.1, 0.15) is 20.3 Å². The molecule has 2 aliphatic rings. The number of hydrogen-bond acceptors (Lipinski definition) is 6. The maximum absolute atomic E-state index is 4.51. The predicted octanol–water partition coefficient (Wildman–Crippen LogP) is 6.91. The van der Waals surface area contributed by atoms with Gasteiger partial charge in [-0.1, -0.05) is 48.5 Å². The molecular weight excluding hydrogens is 433 g/mol. The molecule has 26 heavy (non-hydrogen) atoms. The average Bonchev–Trinajstić information content (AvgIpc) is 3.37. The Morgan fingerprint density at radius 3 is 1.50 bits per heavy atom. The zero-order chi connectivity index (χ0) is 17.9. The molecule has 2 fully saturated rings. The molecule has 4 unspecified atom stereocenters. The van der Waals surface area contributed by atoms with Gasteiger partial charge in [-0.3, -0.25) is 0 Å². The van der Waals surface area contributed by atoms with E-state index in [1.54, 1.807) is 0 Å². The number of rotatable bonds is 5. The smallest absolute Gasteiger partial charge is 0.0761 e. The normalized spacial score (nSPS) is 28.5. The van der Waals surface area contributed by atoms with Crippen molar-refractivity contribution in [2.45, 2.75) is 19.7 Å². The largest absolute Gasteiger partial charge is 0.178 e. The maximum atomic E-state index is 4.51. The van der Waals surface area contributed by atoms with Gasteiger partial charge in [0.25, 0.3) is 0 Å². The lowest BCUT2D eigenvalue weighted by molar-refractivity contribution is 1.17. The van der Waals surface area contributed by atoms with Crippen molar-refractivity contribution < 1.29 is 0 Å². The van der Waals surface area contributed by atoms with E-state index in [2.05, 4.69) is 121 Å². The van der Waals surface area contributed by atoms with Crippen LogP contribution in [0.4, 0.5) is 0 Å². The highest BCUT2D eigenvalue weighted by Gasteiger charge is 2.31. The molecule has 6 heteroatoms. The Kier molecular flexibility index (Phi) is 7.14. The lowest BCUT2D eigenvalue weighted by Gasteiger charge is -2.20. The Bertz CT molecular complexity index is 685. The van der Waals surface area contributed by atoms with Crippen LogP contribution < -0.4 is 0 Å². The molecule has 0 spiro atoms. The van der Waals surface area contributed by atoms with Crippen molar-refractivity contribution in [3.05, 3.63) is 59.7 Å². The maximum Gasteiger partial charge on any atom is 0.0761 e. The summed E-state index contributed by atoms with van der Waals surface area (Å²) in [5.74, 6) is 4.33. The highest BCUT2D eigenvalue weighted by atomic mass is 32.2. The number of hydrogen-bond donors (Lipinski definition) is 2. The molecule has 2 aromatic rings. The quantitative estimate of drug-likeness (QED) is 0.471. The van der Waals surface area contributed by atoms with E-state index in [1.807, 2.05) is 0 Å². The first-order valence-corrected chi connectivity index (χ1v) is 14.0. The third-order valence-corrected chi connectivity index (χ3v) is 12.6. The van der Waals surface area contributed by atoms with Gasteiger partial charge in [0.1, 0.15) is 0 Å². The fraction of sp³-hybridized carbons (Fsp3) is 0.400. The summed E-state index contributed by atoms with van der Waals surface area (Å²) in [6.07, 6.45) is 0. The molecule has 138 valence electrons. The zero-order valence-electron chi connectivity index (χ0n) is 14.3. The van der Waals surface area contributed by atoms with Crippen molar-refractivity contribution in [3.8, 4) is 11.1 Å². The summed E-state index contributed by atoms with van der Waals surface area (Å²) in [7, 11) is 0. The molecule has 0 amide bonds. The average molecular weight is 455 g/mol. The minimum Gasteiger partial charge on any atom is -0.178 e. The van der Waals surface area contributed by atoms with Crippen molar-refractivity contribution in [2.75, 3.05) is 23.0 Å². The van der Waals surface area contributed by atoms with Crippen LogP contribution in [0.2, 0.25) is 0 Å². The van der Waals surface area contributed by atoms with Gasteiger partial charge in [0.05, 0.1) is 9.16 Å². The van der Waals surface area contributed by atoms with Gasteiger partial charge in [0.15, 0.2) is 0 Å². The van der Waals surface area contributed by atoms with Crippen molar-refractivity contribution in [2.24, 2.45) is 0 Å². The molecular formula is C20H22S6. The lowest BCUT2D eigenvalue weighted by Crippen LogP contribution is -2.02. The fourth-order valence-corrected chi connectivity index (χ4v) is 10.9. The minimum absolute atomic E-state index is 0.519. The first-order valence-electron chi connectivity index (χ1n) is 8.74. The molecule has 2 aromatic carbocycles. The second kappa shape index (κ2) is 9.36. The minimum atomic E-state index is 0.519. The Hall–Kier alpha value is 0.540. The molecule has 4 rings (SSSR count). The summed E-state index contributed by atoms with van der Waals surface area (Å²) in [6.45, 7) is 0. The number of thioether (sulfide) groups is 4. The van der Waals surface area contributed by atoms with Crippen LogP contribution in [0.5, 0.6) is 0 Å². The monoisotopic (exact) mass is 454 g/mol. The molecule has 2 heterocycles. The lowest BCUT2D eigenvalue weighted by atomic mass is 9.96. The van der Waals surface area contributed by atoms with Gasteiger partial charge in [-0.15, -0.1) is 47.0 Å². The van der Waals surface area contributed by atoms with Crippen molar-refractivity contribution >= 4 is 72.3 Å². The van der Waals surface area contributed by atoms with Crippen LogP contribution in [0.15, 0.2) is 48.5 Å². The van der Waals surface area contributed by atoms with Gasteiger partial charge in [0, 0.05) is 33.5 Å². The number of benzene rings is 2. The van der Waals surface area contributed by atoms with Crippen molar-refractivity contribution in [3.63, 3.8) is 0 Å². The van der Waals surface area contributed by atoms with Crippen molar-refractivity contribution in [1.82, 2.24) is 0 Å². The molecule has 0 aliphatic carbocycles. The summed E-state index contributed by atoms with van der Waals surface area (Å²) in [5, 5.41) is 1.32. The van der Waals surface area contributed by atoms with E-state index < -0.39 is 0 Å². The van der Waals surface area contributed by atoms with Gasteiger partial charge < -0.3 is 0 Å². The van der Waals surface area contributed by atoms with E-state index in [4.69, 9.17) is 0 Å². The van der Waals surface area contributed by atoms with E-state index >= 15 is 0 Å². The van der Waals surface area contributed by atoms with E-state index in [0.29, 0.717) is 19.7 Å². The van der Waals surface area contributed by atoms with Gasteiger partial charge in [-0.2, -0.15) is 25.3 Å². The summed E-state index contributed by atoms with van der Waals surface area (Å²) in [5.41, 5.74) is 5.75. The van der Waals surface area contributed by atoms with Crippen LogP contribution in [-0.2, 0) is 0 Å². The first-order chi connectivity index (χ1) is 12.8. The van der Waals surface area contributed by atoms with E-state index in [-0.39, 0.29) is 0 Å². The standard InChI is InChI=1S/C20H22S6/c21-9-13-11-23-19(25-13)17-7-3-1-5-15(17)16-6-2-4-8-18(16)20-24-12-14(10-22)26-20/h1-8,13-14,19-22H,9-12H2. The number of thiol groups is 2. The van der Waals surface area contributed by atoms with Gasteiger partial charge >= 0.3 is 0 Å². The van der Waals surface area contributed by atoms with Gasteiger partial charge in [-0.25, -0.2) is 0 Å². The highest BCUT2D eigenvalue weighted by Crippen LogP contribution is 2.55. The predicted molar refractivity (Wildman–Crippen MR) is 133 cm³/mol. The Morgan fingerprint density at radius 1 is 0.692 bits per heavy atom. The molecule has 0 bridgehead atoms. The van der Waals surface area contributed by atoms with E-state index in [9.17, 15) is 0 Å². The van der Waals surface area contributed by atoms with E-state index in [1.165, 1.54) is 33.8 Å². The third-order valence-electron chi connectivity index (χ3n) is 4.63. The van der Waals surface area contributed by atoms with Crippen LogP contribution in [0.3, 0.4) is 0 Å². The molecule has 4 atom stereocenters. The Morgan fingerprint density at radius 2 is 1.12 bits per heavy atom. The fourth-order valence-electron chi connectivity index (χ4n) is 3.31. The van der Waals surface area contributed by atoms with Crippen LogP contribution in [-0.4, -0.2) is 33.5 Å². The third kappa shape index (κ3) is 4.25. The van der Waals surface area contributed by atoms with Gasteiger partial charge in [0.2, 0.25) is 0 Å². The first kappa shape index (κ1) is 19.8. The summed E-state index contributed by atoms with van der Waals surface area (Å²) in [6, 6.07) is 18.0. The highest BCUT2D eigenvalue weighted by molar-refractivity contribution is 8.20. The molecule has 2 saturated heterocycles. The molecule has 0 N–H and O–H groups in total. The van der Waals surface area contributed by atoms with Crippen LogP contribution >= 0.6 is 72.3 Å². The Balaban J connectivity index is 1.69. The SMILES string of the molecule is SCC1CSC(c2ccccc2-c2ccccc2C2SCC(CS)S2)S1. The topological polar surface area (TPSA) is 0 Å². The van der Waals surface area contributed by atoms with Gasteiger partial charge in [-0.05, 0) is 22.3 Å². The molecule has 0 nitrogen and oxygen atoms in total. The molecule has 0 aromatic heterocycles. The Labute approximate surface area is 184 Å². The summed E-state index contributed by atoms with van der Waals surface area (Å²) < 4.78 is 1.04. The molecule has 0 saturated carbocycles. The summed E-state index contributed by atoms with van der Waals surface area (Å²) >= 11 is 17.3. The summed E-state index contributed by atoms with van der Waals surface area (Å²) in [4.78, 5) is 0. The zero-order valence-corrected chi connectivity index (χ0v) is 19.3. The molecule has 2 aliphatic heterocycles. The second-order valence-corrected chi connectivity index (χ2v) is 12.8. The second-order valence-electron chi connectivity index (χ2n) is 6.39. The van der Waals surface area contributed by atoms with Crippen LogP contribution in [0, 0.1) is 0 Å².